The van der Waals surface area contributed by atoms with Crippen LogP contribution in [-0.4, -0.2) is 14.7 Å². The molecule has 0 aliphatic carbocycles. The van der Waals surface area contributed by atoms with Gasteiger partial charge in [0.15, 0.2) is 0 Å². The number of unbranched alkanes of at least 4 members (excludes halogenated alkanes) is 19. The van der Waals surface area contributed by atoms with Crippen LogP contribution in [-0.2, 0) is 4.57 Å². The first-order valence-electron chi connectivity index (χ1n) is 11.5. The molecule has 0 saturated heterocycles. The summed E-state index contributed by atoms with van der Waals surface area (Å²) < 4.78 is 8.88. The third-order valence-corrected chi connectivity index (χ3v) is 4.85. The van der Waals surface area contributed by atoms with Crippen molar-refractivity contribution in [1.82, 2.24) is 0 Å². The van der Waals surface area contributed by atoms with Gasteiger partial charge in [-0.1, -0.05) is 129 Å². The van der Waals surface area contributed by atoms with Gasteiger partial charge in [0.05, 0.1) is 0 Å². The fourth-order valence-electron chi connectivity index (χ4n) is 3.26. The zero-order valence-electron chi connectivity index (χ0n) is 19.0. The van der Waals surface area contributed by atoms with E-state index in [-0.39, 0.29) is 51.4 Å². The molecular formula is C22H48KO4P. The molecule has 3 N–H and O–H groups in total. The van der Waals surface area contributed by atoms with E-state index in [1.165, 1.54) is 122 Å². The van der Waals surface area contributed by atoms with Gasteiger partial charge >= 0.3 is 59.2 Å². The van der Waals surface area contributed by atoms with E-state index in [0.29, 0.717) is 0 Å². The Bertz CT molecular complexity index is 283. The molecule has 0 saturated carbocycles. The fourth-order valence-corrected chi connectivity index (χ4v) is 3.26. The Morgan fingerprint density at radius 1 is 0.536 bits per heavy atom. The monoisotopic (exact) mass is 446 g/mol. The molecule has 0 rings (SSSR count). The quantitative estimate of drug-likeness (QED) is 0.116. The van der Waals surface area contributed by atoms with Crippen molar-refractivity contribution in [3.8, 4) is 0 Å². The summed E-state index contributed by atoms with van der Waals surface area (Å²) in [6, 6.07) is 0. The first-order valence-corrected chi connectivity index (χ1v) is 13.1. The smallest absolute Gasteiger partial charge is 0.343 e. The Hall–Kier alpha value is 1.75. The van der Waals surface area contributed by atoms with Gasteiger partial charge in [0.25, 0.3) is 0 Å². The standard InChI is InChI=1S/C22H45.K.H3O4P/c1-3-5-7-9-11-13-15-17-19-21-22-20-18-16-14-12-10-8-6-4-2;;1-5(2,3)4/h1,3-22H2,2H3;;(H3,1,2,3,4)/q-1;+1;. The summed E-state index contributed by atoms with van der Waals surface area (Å²) in [6.45, 7) is 6.20. The summed E-state index contributed by atoms with van der Waals surface area (Å²) in [4.78, 5) is 21.6. The third kappa shape index (κ3) is 46.1. The Labute approximate surface area is 218 Å². The molecule has 166 valence electrons. The average Bonchev–Trinajstić information content (AvgIpc) is 2.59. The molecule has 6 heteroatoms. The predicted octanol–water partition coefficient (Wildman–Crippen LogP) is 4.72. The van der Waals surface area contributed by atoms with E-state index in [1.54, 1.807) is 0 Å². The van der Waals surface area contributed by atoms with Gasteiger partial charge in [0.2, 0.25) is 0 Å². The van der Waals surface area contributed by atoms with Crippen LogP contribution >= 0.6 is 7.82 Å². The minimum atomic E-state index is -4.64. The predicted molar refractivity (Wildman–Crippen MR) is 118 cm³/mol. The molecule has 0 unspecified atom stereocenters. The second-order valence-electron chi connectivity index (χ2n) is 7.73. The summed E-state index contributed by atoms with van der Waals surface area (Å²) in [7, 11) is -4.64. The minimum absolute atomic E-state index is 0. The number of hydrogen-bond donors (Lipinski definition) is 3. The van der Waals surface area contributed by atoms with Gasteiger partial charge in [-0.3, -0.25) is 0 Å². The fraction of sp³-hybridized carbons (Fsp3) is 0.955. The molecule has 4 nitrogen and oxygen atoms in total. The van der Waals surface area contributed by atoms with Crippen molar-refractivity contribution in [2.75, 3.05) is 0 Å². The van der Waals surface area contributed by atoms with Gasteiger partial charge in [0, 0.05) is 0 Å². The summed E-state index contributed by atoms with van der Waals surface area (Å²) in [5.41, 5.74) is 0. The van der Waals surface area contributed by atoms with E-state index in [9.17, 15) is 0 Å². The van der Waals surface area contributed by atoms with E-state index >= 15 is 0 Å². The van der Waals surface area contributed by atoms with E-state index in [1.807, 2.05) is 0 Å². The zero-order chi connectivity index (χ0) is 20.6. The summed E-state index contributed by atoms with van der Waals surface area (Å²) in [5.74, 6) is 0. The van der Waals surface area contributed by atoms with Crippen LogP contribution in [0.4, 0.5) is 0 Å². The maximum atomic E-state index is 8.88. The van der Waals surface area contributed by atoms with Crippen molar-refractivity contribution in [3.05, 3.63) is 6.92 Å². The number of hydrogen-bond acceptors (Lipinski definition) is 1. The molecule has 0 aliphatic rings. The molecule has 0 spiro atoms. The van der Waals surface area contributed by atoms with Gasteiger partial charge in [-0.15, -0.1) is 0 Å². The van der Waals surface area contributed by atoms with Crippen LogP contribution in [0.15, 0.2) is 0 Å². The van der Waals surface area contributed by atoms with Crippen molar-refractivity contribution in [1.29, 1.82) is 0 Å². The van der Waals surface area contributed by atoms with Gasteiger partial charge in [-0.25, -0.2) is 4.57 Å². The van der Waals surface area contributed by atoms with Crippen LogP contribution in [0.2, 0.25) is 0 Å². The molecule has 0 amide bonds. The van der Waals surface area contributed by atoms with Crippen LogP contribution in [0.1, 0.15) is 135 Å². The molecular weight excluding hydrogens is 398 g/mol. The number of phosphoric acid groups is 1. The third-order valence-electron chi connectivity index (χ3n) is 4.85. The maximum Gasteiger partial charge on any atom is 1.00 e. The van der Waals surface area contributed by atoms with Gasteiger partial charge < -0.3 is 21.6 Å². The molecule has 0 aromatic carbocycles. The topological polar surface area (TPSA) is 77.8 Å². The van der Waals surface area contributed by atoms with Crippen molar-refractivity contribution >= 4 is 7.82 Å². The van der Waals surface area contributed by atoms with Crippen LogP contribution in [0.25, 0.3) is 0 Å². The Morgan fingerprint density at radius 3 is 0.893 bits per heavy atom. The normalized spacial score (nSPS) is 10.9. The first-order chi connectivity index (χ1) is 12.9. The molecule has 0 aliphatic heterocycles. The van der Waals surface area contributed by atoms with Gasteiger partial charge in [0.1, 0.15) is 0 Å². The number of rotatable bonds is 19. The van der Waals surface area contributed by atoms with Crippen molar-refractivity contribution in [2.24, 2.45) is 0 Å². The zero-order valence-corrected chi connectivity index (χ0v) is 23.1. The SMILES string of the molecule is O=P(O)(O)O.[CH2-]CCCCCCCCCCCCCCCCCCCCC.[K+]. The average molecular weight is 447 g/mol. The molecule has 0 radical (unpaired) electrons. The van der Waals surface area contributed by atoms with E-state index in [4.69, 9.17) is 19.2 Å². The van der Waals surface area contributed by atoms with Crippen molar-refractivity contribution in [3.63, 3.8) is 0 Å². The van der Waals surface area contributed by atoms with Crippen LogP contribution in [0.3, 0.4) is 0 Å². The van der Waals surface area contributed by atoms with Gasteiger partial charge in [-0.2, -0.15) is 6.42 Å². The van der Waals surface area contributed by atoms with Crippen LogP contribution in [0.5, 0.6) is 0 Å². The molecule has 0 aromatic rings. The second-order valence-corrected chi connectivity index (χ2v) is 8.76. The Balaban J connectivity index is -0.000000918. The summed E-state index contributed by atoms with van der Waals surface area (Å²) >= 11 is 0. The van der Waals surface area contributed by atoms with Crippen molar-refractivity contribution in [2.45, 2.75) is 135 Å². The van der Waals surface area contributed by atoms with Crippen LogP contribution < -0.4 is 51.4 Å². The van der Waals surface area contributed by atoms with Gasteiger partial charge in [-0.05, 0) is 0 Å². The maximum absolute atomic E-state index is 8.88. The summed E-state index contributed by atoms with van der Waals surface area (Å²) in [5, 5.41) is 0. The van der Waals surface area contributed by atoms with Crippen molar-refractivity contribution < 1.29 is 70.6 Å². The Kier molecular flexibility index (Phi) is 35.3. The first kappa shape index (κ1) is 34.4. The molecule has 28 heavy (non-hydrogen) atoms. The van der Waals surface area contributed by atoms with E-state index < -0.39 is 7.82 Å². The van der Waals surface area contributed by atoms with E-state index in [2.05, 4.69) is 13.8 Å². The minimum Gasteiger partial charge on any atom is -0.343 e. The Morgan fingerprint density at radius 2 is 0.714 bits per heavy atom. The molecule has 0 bridgehead atoms. The molecule has 0 heterocycles. The largest absolute Gasteiger partial charge is 1.00 e. The molecule has 0 aromatic heterocycles. The van der Waals surface area contributed by atoms with Crippen LogP contribution in [0, 0.1) is 6.92 Å². The summed E-state index contributed by atoms with van der Waals surface area (Å²) in [6.07, 6.45) is 28.8. The molecule has 0 fully saturated rings. The molecule has 0 atom stereocenters. The second kappa shape index (κ2) is 28.7. The van der Waals surface area contributed by atoms with E-state index in [0.717, 1.165) is 6.42 Å².